The molecular formula is C26H32N4O4S. The Morgan fingerprint density at radius 1 is 1.14 bits per heavy atom. The number of hydrogen-bond acceptors (Lipinski definition) is 6. The standard InChI is InChI=1S/C26H32N4O4S/c1-34-21-5-2-4-18(14-21)16-29(24(31)19-7-8-19)20-15-22(25(32)28-11-9-27-10-12-28)30(17-20)26(33)23-6-3-13-35-23/h2-6,13-14,19-20,22,27H,7-12,15-17H2,1H3. The fraction of sp³-hybridized carbons (Fsp3) is 0.500. The van der Waals surface area contributed by atoms with Gasteiger partial charge in [-0.1, -0.05) is 18.2 Å². The van der Waals surface area contributed by atoms with Crippen LogP contribution in [-0.4, -0.2) is 84.3 Å². The molecule has 3 amide bonds. The summed E-state index contributed by atoms with van der Waals surface area (Å²) in [5.74, 6) is 0.769. The Labute approximate surface area is 209 Å². The zero-order valence-electron chi connectivity index (χ0n) is 20.0. The Balaban J connectivity index is 1.42. The van der Waals surface area contributed by atoms with Crippen molar-refractivity contribution in [3.63, 3.8) is 0 Å². The van der Waals surface area contributed by atoms with Crippen LogP contribution >= 0.6 is 11.3 Å². The van der Waals surface area contributed by atoms with E-state index in [0.717, 1.165) is 37.2 Å². The molecule has 2 aromatic rings. The van der Waals surface area contributed by atoms with Crippen molar-refractivity contribution in [3.05, 3.63) is 52.2 Å². The monoisotopic (exact) mass is 496 g/mol. The summed E-state index contributed by atoms with van der Waals surface area (Å²) in [7, 11) is 1.63. The maximum absolute atomic E-state index is 13.6. The lowest BCUT2D eigenvalue weighted by Gasteiger charge is -2.32. The van der Waals surface area contributed by atoms with Crippen molar-refractivity contribution >= 4 is 29.1 Å². The van der Waals surface area contributed by atoms with Crippen LogP contribution in [-0.2, 0) is 16.1 Å². The maximum atomic E-state index is 13.6. The van der Waals surface area contributed by atoms with Gasteiger partial charge in [-0.05, 0) is 48.4 Å². The molecule has 3 fully saturated rings. The highest BCUT2D eigenvalue weighted by Crippen LogP contribution is 2.35. The molecule has 35 heavy (non-hydrogen) atoms. The van der Waals surface area contributed by atoms with Crippen molar-refractivity contribution < 1.29 is 19.1 Å². The van der Waals surface area contributed by atoms with Gasteiger partial charge < -0.3 is 24.8 Å². The first-order valence-corrected chi connectivity index (χ1v) is 13.2. The molecule has 1 aromatic heterocycles. The van der Waals surface area contributed by atoms with Crippen LogP contribution in [0.1, 0.15) is 34.5 Å². The van der Waals surface area contributed by atoms with Crippen LogP contribution in [0.2, 0.25) is 0 Å². The number of benzene rings is 1. The molecule has 1 N–H and O–H groups in total. The summed E-state index contributed by atoms with van der Waals surface area (Å²) in [6.07, 6.45) is 2.27. The van der Waals surface area contributed by atoms with Gasteiger partial charge in [-0.25, -0.2) is 0 Å². The minimum absolute atomic E-state index is 0.0147. The third kappa shape index (κ3) is 5.21. The molecule has 9 heteroatoms. The molecule has 1 aromatic carbocycles. The van der Waals surface area contributed by atoms with E-state index in [2.05, 4.69) is 5.32 Å². The molecule has 2 aliphatic heterocycles. The van der Waals surface area contributed by atoms with Crippen LogP contribution in [0.15, 0.2) is 41.8 Å². The van der Waals surface area contributed by atoms with Crippen molar-refractivity contribution in [1.29, 1.82) is 0 Å². The molecular weight excluding hydrogens is 464 g/mol. The molecule has 1 aliphatic carbocycles. The SMILES string of the molecule is COc1cccc(CN(C(=O)C2CC2)C2CC(C(=O)N3CCNCC3)N(C(=O)c3cccs3)C2)c1. The molecule has 3 heterocycles. The molecule has 5 rings (SSSR count). The van der Waals surface area contributed by atoms with Crippen molar-refractivity contribution in [2.45, 2.75) is 37.9 Å². The normalized spacial score (nSPS) is 22.2. The summed E-state index contributed by atoms with van der Waals surface area (Å²) in [5, 5.41) is 5.15. The van der Waals surface area contributed by atoms with Gasteiger partial charge in [0.15, 0.2) is 0 Å². The topological polar surface area (TPSA) is 82.2 Å². The van der Waals surface area contributed by atoms with Crippen LogP contribution in [0.3, 0.4) is 0 Å². The predicted octanol–water partition coefficient (Wildman–Crippen LogP) is 2.21. The van der Waals surface area contributed by atoms with Gasteiger partial charge in [0, 0.05) is 45.2 Å². The van der Waals surface area contributed by atoms with Gasteiger partial charge >= 0.3 is 0 Å². The Hall–Kier alpha value is -2.91. The van der Waals surface area contributed by atoms with Gasteiger partial charge in [-0.2, -0.15) is 0 Å². The molecule has 1 saturated carbocycles. The fourth-order valence-electron chi connectivity index (χ4n) is 5.06. The third-order valence-corrected chi connectivity index (χ3v) is 7.98. The minimum atomic E-state index is -0.562. The van der Waals surface area contributed by atoms with Crippen molar-refractivity contribution in [2.75, 3.05) is 39.8 Å². The van der Waals surface area contributed by atoms with E-state index < -0.39 is 6.04 Å². The Kier molecular flexibility index (Phi) is 7.06. The Morgan fingerprint density at radius 3 is 2.63 bits per heavy atom. The lowest BCUT2D eigenvalue weighted by molar-refractivity contribution is -0.137. The van der Waals surface area contributed by atoms with E-state index in [1.165, 1.54) is 11.3 Å². The van der Waals surface area contributed by atoms with Gasteiger partial charge in [0.25, 0.3) is 5.91 Å². The van der Waals surface area contributed by atoms with Gasteiger partial charge in [-0.15, -0.1) is 11.3 Å². The van der Waals surface area contributed by atoms with Crippen LogP contribution in [0.4, 0.5) is 0 Å². The first-order valence-electron chi connectivity index (χ1n) is 12.3. The number of carbonyl (C=O) groups excluding carboxylic acids is 3. The number of ether oxygens (including phenoxy) is 1. The number of amides is 3. The lowest BCUT2D eigenvalue weighted by atomic mass is 10.1. The molecule has 2 saturated heterocycles. The number of nitrogens with zero attached hydrogens (tertiary/aromatic N) is 3. The predicted molar refractivity (Wildman–Crippen MR) is 133 cm³/mol. The van der Waals surface area contributed by atoms with Crippen molar-refractivity contribution in [1.82, 2.24) is 20.0 Å². The largest absolute Gasteiger partial charge is 0.497 e. The average Bonchev–Trinajstić information content (AvgIpc) is 3.42. The van der Waals surface area contributed by atoms with E-state index >= 15 is 0 Å². The second kappa shape index (κ2) is 10.4. The van der Waals surface area contributed by atoms with E-state index in [9.17, 15) is 14.4 Å². The molecule has 0 radical (unpaired) electrons. The third-order valence-electron chi connectivity index (χ3n) is 7.12. The number of piperazine rings is 1. The molecule has 0 spiro atoms. The van der Waals surface area contributed by atoms with Crippen LogP contribution < -0.4 is 10.1 Å². The first-order chi connectivity index (χ1) is 17.0. The van der Waals surface area contributed by atoms with Crippen molar-refractivity contribution in [3.8, 4) is 5.75 Å². The smallest absolute Gasteiger partial charge is 0.264 e. The molecule has 0 bridgehead atoms. The summed E-state index contributed by atoms with van der Waals surface area (Å²) in [6, 6.07) is 10.6. The molecule has 2 atom stereocenters. The van der Waals surface area contributed by atoms with Crippen molar-refractivity contribution in [2.24, 2.45) is 5.92 Å². The number of likely N-dealkylation sites (tertiary alicyclic amines) is 1. The van der Waals surface area contributed by atoms with Gasteiger partial charge in [-0.3, -0.25) is 14.4 Å². The molecule has 2 unspecified atom stereocenters. The molecule has 3 aliphatic rings. The number of rotatable bonds is 7. The number of hydrogen-bond donors (Lipinski definition) is 1. The highest BCUT2D eigenvalue weighted by atomic mass is 32.1. The second-order valence-electron chi connectivity index (χ2n) is 9.51. The fourth-order valence-corrected chi connectivity index (χ4v) is 5.73. The van der Waals surface area contributed by atoms with E-state index in [1.54, 1.807) is 18.1 Å². The quantitative estimate of drug-likeness (QED) is 0.636. The lowest BCUT2D eigenvalue weighted by Crippen LogP contribution is -2.53. The number of nitrogens with one attached hydrogen (secondary N) is 1. The first kappa shape index (κ1) is 23.8. The molecule has 186 valence electrons. The number of thiophene rings is 1. The minimum Gasteiger partial charge on any atom is -0.497 e. The summed E-state index contributed by atoms with van der Waals surface area (Å²) >= 11 is 1.38. The van der Waals surface area contributed by atoms with E-state index in [4.69, 9.17) is 4.74 Å². The van der Waals surface area contributed by atoms with Gasteiger partial charge in [0.2, 0.25) is 11.8 Å². The zero-order chi connectivity index (χ0) is 24.4. The second-order valence-corrected chi connectivity index (χ2v) is 10.5. The summed E-state index contributed by atoms with van der Waals surface area (Å²) in [4.78, 5) is 46.6. The van der Waals surface area contributed by atoms with E-state index in [0.29, 0.717) is 37.5 Å². The average molecular weight is 497 g/mol. The Bertz CT molecular complexity index is 1070. The highest BCUT2D eigenvalue weighted by Gasteiger charge is 2.46. The van der Waals surface area contributed by atoms with Crippen LogP contribution in [0, 0.1) is 5.92 Å². The van der Waals surface area contributed by atoms with Crippen LogP contribution in [0.5, 0.6) is 5.75 Å². The van der Waals surface area contributed by atoms with E-state index in [1.807, 2.05) is 45.5 Å². The number of carbonyl (C=O) groups is 3. The zero-order valence-corrected chi connectivity index (χ0v) is 20.8. The summed E-state index contributed by atoms with van der Waals surface area (Å²) in [6.45, 7) is 3.57. The van der Waals surface area contributed by atoms with Gasteiger partial charge in [0.05, 0.1) is 18.0 Å². The van der Waals surface area contributed by atoms with Gasteiger partial charge in [0.1, 0.15) is 11.8 Å². The molecule has 8 nitrogen and oxygen atoms in total. The highest BCUT2D eigenvalue weighted by molar-refractivity contribution is 7.12. The van der Waals surface area contributed by atoms with Crippen LogP contribution in [0.25, 0.3) is 0 Å². The van der Waals surface area contributed by atoms with E-state index in [-0.39, 0.29) is 29.7 Å². The Morgan fingerprint density at radius 2 is 1.94 bits per heavy atom. The summed E-state index contributed by atoms with van der Waals surface area (Å²) in [5.41, 5.74) is 0.978. The summed E-state index contributed by atoms with van der Waals surface area (Å²) < 4.78 is 5.38. The number of methoxy groups -OCH3 is 1. The maximum Gasteiger partial charge on any atom is 0.264 e.